The van der Waals surface area contributed by atoms with Gasteiger partial charge in [-0.05, 0) is 12.1 Å². The molecule has 2 N–H and O–H groups in total. The zero-order valence-electron chi connectivity index (χ0n) is 7.64. The van der Waals surface area contributed by atoms with E-state index in [2.05, 4.69) is 0 Å². The summed E-state index contributed by atoms with van der Waals surface area (Å²) in [7, 11) is 0. The van der Waals surface area contributed by atoms with Crippen LogP contribution in [0.1, 0.15) is 11.1 Å². The van der Waals surface area contributed by atoms with Crippen LogP contribution < -0.4 is 5.73 Å². The summed E-state index contributed by atoms with van der Waals surface area (Å²) in [5, 5.41) is 0.0625. The first-order valence-corrected chi connectivity index (χ1v) is 4.30. The van der Waals surface area contributed by atoms with E-state index in [0.717, 1.165) is 6.07 Å². The topological polar surface area (TPSA) is 39.2 Å². The number of nitrogens with two attached hydrogens (primary N) is 1. The molecule has 0 aliphatic rings. The number of rotatable bonds is 1. The van der Waals surface area contributed by atoms with E-state index in [-0.39, 0.29) is 17.5 Å². The Balaban J connectivity index is 2.78. The number of fused-ring (bicyclic) bond motifs is 1. The minimum absolute atomic E-state index is 0.0279. The van der Waals surface area contributed by atoms with Crippen LogP contribution in [0.3, 0.4) is 0 Å². The predicted octanol–water partition coefficient (Wildman–Crippen LogP) is 2.91. The lowest BCUT2D eigenvalue weighted by Gasteiger charge is -2.08. The molecule has 1 aromatic carbocycles. The van der Waals surface area contributed by atoms with Gasteiger partial charge in [-0.3, -0.25) is 0 Å². The molecule has 2 aromatic rings. The van der Waals surface area contributed by atoms with E-state index in [1.165, 1.54) is 18.4 Å². The van der Waals surface area contributed by atoms with Gasteiger partial charge in [0.1, 0.15) is 5.58 Å². The summed E-state index contributed by atoms with van der Waals surface area (Å²) in [4.78, 5) is 0. The average molecular weight is 215 g/mol. The van der Waals surface area contributed by atoms with Gasteiger partial charge in [0.15, 0.2) is 0 Å². The van der Waals surface area contributed by atoms with Gasteiger partial charge in [0.2, 0.25) is 0 Å². The molecule has 0 fully saturated rings. The first-order valence-electron chi connectivity index (χ1n) is 4.30. The molecular weight excluding hydrogens is 207 g/mol. The lowest BCUT2D eigenvalue weighted by Crippen LogP contribution is -2.06. The van der Waals surface area contributed by atoms with Crippen LogP contribution in [-0.2, 0) is 12.7 Å². The van der Waals surface area contributed by atoms with Crippen LogP contribution in [0.15, 0.2) is 28.9 Å². The van der Waals surface area contributed by atoms with Crippen LogP contribution in [0.4, 0.5) is 13.2 Å². The molecule has 1 heterocycles. The fourth-order valence-corrected chi connectivity index (χ4v) is 1.54. The monoisotopic (exact) mass is 215 g/mol. The maximum absolute atomic E-state index is 12.6. The van der Waals surface area contributed by atoms with Crippen LogP contribution in [0, 0.1) is 0 Å². The van der Waals surface area contributed by atoms with Crippen molar-refractivity contribution in [1.29, 1.82) is 0 Å². The van der Waals surface area contributed by atoms with E-state index in [0.29, 0.717) is 5.56 Å². The molecule has 0 unspecified atom stereocenters. The summed E-state index contributed by atoms with van der Waals surface area (Å²) in [5.41, 5.74) is 5.23. The molecule has 0 amide bonds. The third kappa shape index (κ3) is 1.59. The summed E-state index contributed by atoms with van der Waals surface area (Å²) >= 11 is 0. The standard InChI is InChI=1S/C10H8F3NO/c11-10(12,13)7-2-1-3-8-9(7)6(4-14)5-15-8/h1-3,5H,4,14H2. The minimum Gasteiger partial charge on any atom is -0.464 e. The smallest absolute Gasteiger partial charge is 0.417 e. The number of hydrogen-bond acceptors (Lipinski definition) is 2. The molecular formula is C10H8F3NO. The van der Waals surface area contributed by atoms with E-state index in [9.17, 15) is 13.2 Å². The Labute approximate surface area is 83.5 Å². The number of hydrogen-bond donors (Lipinski definition) is 1. The molecule has 0 radical (unpaired) electrons. The number of furan rings is 1. The SMILES string of the molecule is NCc1coc2cccc(C(F)(F)F)c12. The van der Waals surface area contributed by atoms with Gasteiger partial charge in [-0.1, -0.05) is 6.07 Å². The fraction of sp³-hybridized carbons (Fsp3) is 0.200. The molecule has 0 aliphatic carbocycles. The van der Waals surface area contributed by atoms with Crippen LogP contribution in [0.5, 0.6) is 0 Å². The van der Waals surface area contributed by atoms with Crippen molar-refractivity contribution in [2.45, 2.75) is 12.7 Å². The average Bonchev–Trinajstić information content (AvgIpc) is 2.58. The fourth-order valence-electron chi connectivity index (χ4n) is 1.54. The zero-order chi connectivity index (χ0) is 11.1. The van der Waals surface area contributed by atoms with E-state index in [4.69, 9.17) is 10.2 Å². The Morgan fingerprint density at radius 3 is 2.60 bits per heavy atom. The summed E-state index contributed by atoms with van der Waals surface area (Å²) in [6.45, 7) is 0.0279. The van der Waals surface area contributed by atoms with Crippen molar-refractivity contribution in [1.82, 2.24) is 0 Å². The normalized spacial score (nSPS) is 12.3. The quantitative estimate of drug-likeness (QED) is 0.794. The molecule has 15 heavy (non-hydrogen) atoms. The highest BCUT2D eigenvalue weighted by molar-refractivity contribution is 5.85. The maximum atomic E-state index is 12.6. The van der Waals surface area contributed by atoms with Gasteiger partial charge in [0.05, 0.1) is 11.8 Å². The Kier molecular flexibility index (Phi) is 2.19. The largest absolute Gasteiger partial charge is 0.464 e. The molecule has 80 valence electrons. The number of alkyl halides is 3. The highest BCUT2D eigenvalue weighted by atomic mass is 19.4. The molecule has 0 saturated carbocycles. The molecule has 0 aliphatic heterocycles. The third-order valence-corrected chi connectivity index (χ3v) is 2.20. The van der Waals surface area contributed by atoms with Crippen LogP contribution in [0.25, 0.3) is 11.0 Å². The van der Waals surface area contributed by atoms with Crippen LogP contribution >= 0.6 is 0 Å². The first kappa shape index (κ1) is 10.0. The molecule has 0 spiro atoms. The molecule has 1 aromatic heterocycles. The van der Waals surface area contributed by atoms with Crippen LogP contribution in [-0.4, -0.2) is 0 Å². The Morgan fingerprint density at radius 2 is 2.00 bits per heavy atom. The maximum Gasteiger partial charge on any atom is 0.417 e. The molecule has 2 rings (SSSR count). The van der Waals surface area contributed by atoms with E-state index in [1.54, 1.807) is 0 Å². The summed E-state index contributed by atoms with van der Waals surface area (Å²) in [6, 6.07) is 3.83. The van der Waals surface area contributed by atoms with Crippen molar-refractivity contribution in [2.24, 2.45) is 5.73 Å². The van der Waals surface area contributed by atoms with E-state index in [1.807, 2.05) is 0 Å². The van der Waals surface area contributed by atoms with Crippen molar-refractivity contribution in [3.05, 3.63) is 35.6 Å². The second-order valence-electron chi connectivity index (χ2n) is 3.14. The number of halogens is 3. The second-order valence-corrected chi connectivity index (χ2v) is 3.14. The number of benzene rings is 1. The Hall–Kier alpha value is -1.49. The van der Waals surface area contributed by atoms with Gasteiger partial charge in [-0.15, -0.1) is 0 Å². The predicted molar refractivity (Wildman–Crippen MR) is 49.1 cm³/mol. The lowest BCUT2D eigenvalue weighted by molar-refractivity contribution is -0.136. The van der Waals surface area contributed by atoms with Gasteiger partial charge in [0.25, 0.3) is 0 Å². The summed E-state index contributed by atoms with van der Waals surface area (Å²) in [6.07, 6.45) is -3.12. The van der Waals surface area contributed by atoms with Crippen molar-refractivity contribution in [2.75, 3.05) is 0 Å². The first-order chi connectivity index (χ1) is 7.04. The van der Waals surface area contributed by atoms with Crippen molar-refractivity contribution in [3.63, 3.8) is 0 Å². The highest BCUT2D eigenvalue weighted by Gasteiger charge is 2.33. The van der Waals surface area contributed by atoms with Gasteiger partial charge >= 0.3 is 6.18 Å². The van der Waals surface area contributed by atoms with E-state index < -0.39 is 11.7 Å². The minimum atomic E-state index is -4.38. The van der Waals surface area contributed by atoms with E-state index >= 15 is 0 Å². The molecule has 0 atom stereocenters. The van der Waals surface area contributed by atoms with Gasteiger partial charge in [-0.25, -0.2) is 0 Å². The van der Waals surface area contributed by atoms with Gasteiger partial charge in [-0.2, -0.15) is 13.2 Å². The highest BCUT2D eigenvalue weighted by Crippen LogP contribution is 2.36. The van der Waals surface area contributed by atoms with Crippen LogP contribution in [0.2, 0.25) is 0 Å². The van der Waals surface area contributed by atoms with Crippen molar-refractivity contribution < 1.29 is 17.6 Å². The molecule has 0 bridgehead atoms. The molecule has 5 heteroatoms. The van der Waals surface area contributed by atoms with Gasteiger partial charge < -0.3 is 10.2 Å². The summed E-state index contributed by atoms with van der Waals surface area (Å²) < 4.78 is 42.9. The Bertz CT molecular complexity index is 487. The van der Waals surface area contributed by atoms with Gasteiger partial charge in [0, 0.05) is 17.5 Å². The van der Waals surface area contributed by atoms with Crippen molar-refractivity contribution >= 4 is 11.0 Å². The Morgan fingerprint density at radius 1 is 1.27 bits per heavy atom. The molecule has 0 saturated heterocycles. The third-order valence-electron chi connectivity index (χ3n) is 2.20. The zero-order valence-corrected chi connectivity index (χ0v) is 7.64. The summed E-state index contributed by atoms with van der Waals surface area (Å²) in [5.74, 6) is 0. The molecule has 2 nitrogen and oxygen atoms in total. The second kappa shape index (κ2) is 3.27. The van der Waals surface area contributed by atoms with Crippen molar-refractivity contribution in [3.8, 4) is 0 Å². The lowest BCUT2D eigenvalue weighted by atomic mass is 10.1.